The van der Waals surface area contributed by atoms with Gasteiger partial charge in [-0.3, -0.25) is 0 Å². The Morgan fingerprint density at radius 2 is 1.63 bits per heavy atom. The molecule has 0 spiro atoms. The molecule has 19 heavy (non-hydrogen) atoms. The number of carboxylic acids is 1. The van der Waals surface area contributed by atoms with Gasteiger partial charge in [0, 0.05) is 17.8 Å². The fourth-order valence-electron chi connectivity index (χ4n) is 1.62. The Kier molecular flexibility index (Phi) is 3.75. The van der Waals surface area contributed by atoms with E-state index in [4.69, 9.17) is 5.11 Å². The summed E-state index contributed by atoms with van der Waals surface area (Å²) in [6, 6.07) is 9.60. The third kappa shape index (κ3) is 3.07. The third-order valence-electron chi connectivity index (χ3n) is 2.66. The zero-order valence-electron chi connectivity index (χ0n) is 9.86. The molecule has 0 aliphatic carbocycles. The quantitative estimate of drug-likeness (QED) is 0.890. The second-order valence-corrected chi connectivity index (χ2v) is 3.94. The molecule has 0 heterocycles. The number of nitrogens with one attached hydrogen (secondary N) is 1. The van der Waals surface area contributed by atoms with Crippen molar-refractivity contribution in [3.05, 3.63) is 65.2 Å². The van der Waals surface area contributed by atoms with Gasteiger partial charge in [0.1, 0.15) is 11.6 Å². The first-order chi connectivity index (χ1) is 9.08. The minimum Gasteiger partial charge on any atom is -0.478 e. The summed E-state index contributed by atoms with van der Waals surface area (Å²) in [6.07, 6.45) is 0. The van der Waals surface area contributed by atoms with Crippen LogP contribution in [0.5, 0.6) is 0 Å². The highest BCUT2D eigenvalue weighted by atomic mass is 19.1. The molecule has 0 saturated heterocycles. The van der Waals surface area contributed by atoms with Gasteiger partial charge in [-0.15, -0.1) is 0 Å². The van der Waals surface area contributed by atoms with Gasteiger partial charge in [-0.25, -0.2) is 13.6 Å². The molecule has 0 aliphatic heterocycles. The summed E-state index contributed by atoms with van der Waals surface area (Å²) in [6.45, 7) is -0.00900. The van der Waals surface area contributed by atoms with Gasteiger partial charge in [-0.1, -0.05) is 6.07 Å². The number of rotatable bonds is 4. The number of aromatic carboxylic acids is 1. The lowest BCUT2D eigenvalue weighted by molar-refractivity contribution is 0.0697. The molecule has 0 unspecified atom stereocenters. The van der Waals surface area contributed by atoms with E-state index in [1.54, 1.807) is 12.1 Å². The molecule has 0 aromatic heterocycles. The smallest absolute Gasteiger partial charge is 0.335 e. The molecule has 0 fully saturated rings. The minimum atomic E-state index is -1.02. The summed E-state index contributed by atoms with van der Waals surface area (Å²) in [5, 5.41) is 11.6. The largest absolute Gasteiger partial charge is 0.478 e. The predicted molar refractivity (Wildman–Crippen MR) is 67.1 cm³/mol. The Morgan fingerprint density at radius 1 is 1.05 bits per heavy atom. The Hall–Kier alpha value is -2.43. The lowest BCUT2D eigenvalue weighted by Crippen LogP contribution is -2.05. The van der Waals surface area contributed by atoms with Crippen molar-refractivity contribution in [1.82, 2.24) is 0 Å². The number of hydrogen-bond donors (Lipinski definition) is 2. The van der Waals surface area contributed by atoms with Gasteiger partial charge in [0.25, 0.3) is 0 Å². The Balaban J connectivity index is 2.08. The normalized spacial score (nSPS) is 10.2. The van der Waals surface area contributed by atoms with E-state index in [2.05, 4.69) is 5.32 Å². The Bertz CT molecular complexity index is 577. The number of carbonyl (C=O) groups is 1. The minimum absolute atomic E-state index is 0.00900. The maximum atomic E-state index is 13.4. The number of carboxylic acid groups (broad SMARTS) is 1. The molecule has 0 amide bonds. The first-order valence-corrected chi connectivity index (χ1v) is 5.58. The molecule has 0 saturated carbocycles. The lowest BCUT2D eigenvalue weighted by atomic mass is 10.1. The Labute approximate surface area is 108 Å². The molecule has 98 valence electrons. The van der Waals surface area contributed by atoms with Crippen LogP contribution in [0.1, 0.15) is 15.9 Å². The van der Waals surface area contributed by atoms with E-state index in [0.717, 1.165) is 0 Å². The molecule has 5 heteroatoms. The second kappa shape index (κ2) is 5.48. The van der Waals surface area contributed by atoms with Crippen molar-refractivity contribution >= 4 is 11.7 Å². The summed E-state index contributed by atoms with van der Waals surface area (Å²) in [4.78, 5) is 10.7. The van der Waals surface area contributed by atoms with Crippen LogP contribution in [0.25, 0.3) is 0 Å². The molecule has 0 bridgehead atoms. The first kappa shape index (κ1) is 13.0. The van der Waals surface area contributed by atoms with Crippen molar-refractivity contribution in [1.29, 1.82) is 0 Å². The van der Waals surface area contributed by atoms with E-state index in [0.29, 0.717) is 5.69 Å². The average molecular weight is 263 g/mol. The van der Waals surface area contributed by atoms with E-state index >= 15 is 0 Å². The Morgan fingerprint density at radius 3 is 2.16 bits per heavy atom. The van der Waals surface area contributed by atoms with Crippen LogP contribution < -0.4 is 5.32 Å². The monoisotopic (exact) mass is 263 g/mol. The third-order valence-corrected chi connectivity index (χ3v) is 2.66. The molecule has 2 N–H and O–H groups in total. The van der Waals surface area contributed by atoms with E-state index in [-0.39, 0.29) is 17.7 Å². The molecular formula is C14H11F2NO2. The van der Waals surface area contributed by atoms with Crippen molar-refractivity contribution in [2.45, 2.75) is 6.54 Å². The van der Waals surface area contributed by atoms with Crippen LogP contribution in [0.4, 0.5) is 14.5 Å². The van der Waals surface area contributed by atoms with Crippen LogP contribution in [0.15, 0.2) is 42.5 Å². The zero-order valence-corrected chi connectivity index (χ0v) is 9.86. The van der Waals surface area contributed by atoms with Gasteiger partial charge in [-0.2, -0.15) is 0 Å². The van der Waals surface area contributed by atoms with Crippen LogP contribution in [0, 0.1) is 11.6 Å². The molecular weight excluding hydrogens is 252 g/mol. The summed E-state index contributed by atoms with van der Waals surface area (Å²) in [7, 11) is 0. The summed E-state index contributed by atoms with van der Waals surface area (Å²) in [5.74, 6) is -2.25. The highest BCUT2D eigenvalue weighted by molar-refractivity contribution is 5.87. The van der Waals surface area contributed by atoms with Crippen molar-refractivity contribution in [2.24, 2.45) is 0 Å². The molecule has 2 rings (SSSR count). The fraction of sp³-hybridized carbons (Fsp3) is 0.0714. The van der Waals surface area contributed by atoms with Crippen molar-refractivity contribution in [3.63, 3.8) is 0 Å². The van der Waals surface area contributed by atoms with E-state index < -0.39 is 17.6 Å². The lowest BCUT2D eigenvalue weighted by Gasteiger charge is -2.08. The van der Waals surface area contributed by atoms with Crippen LogP contribution in [-0.4, -0.2) is 11.1 Å². The van der Waals surface area contributed by atoms with Crippen LogP contribution >= 0.6 is 0 Å². The van der Waals surface area contributed by atoms with Crippen molar-refractivity contribution in [3.8, 4) is 0 Å². The molecule has 3 nitrogen and oxygen atoms in total. The maximum Gasteiger partial charge on any atom is 0.335 e. The molecule has 0 radical (unpaired) electrons. The molecule has 0 atom stereocenters. The topological polar surface area (TPSA) is 49.3 Å². The summed E-state index contributed by atoms with van der Waals surface area (Å²) < 4.78 is 26.7. The summed E-state index contributed by atoms with van der Waals surface area (Å²) in [5.41, 5.74) is 0.695. The van der Waals surface area contributed by atoms with Crippen molar-refractivity contribution in [2.75, 3.05) is 5.32 Å². The number of benzene rings is 2. The van der Waals surface area contributed by atoms with Gasteiger partial charge >= 0.3 is 5.97 Å². The number of hydrogen-bond acceptors (Lipinski definition) is 2. The van der Waals surface area contributed by atoms with E-state index in [1.807, 2.05) is 0 Å². The number of halogens is 2. The standard InChI is InChI=1S/C14H11F2NO2/c15-12-2-1-3-13(16)11(12)8-17-10-6-4-9(5-7-10)14(18)19/h1-7,17H,8H2,(H,18,19). The highest BCUT2D eigenvalue weighted by Gasteiger charge is 2.08. The zero-order chi connectivity index (χ0) is 13.8. The van der Waals surface area contributed by atoms with Crippen LogP contribution in [-0.2, 0) is 6.54 Å². The fourth-order valence-corrected chi connectivity index (χ4v) is 1.62. The molecule has 0 aliphatic rings. The first-order valence-electron chi connectivity index (χ1n) is 5.58. The highest BCUT2D eigenvalue weighted by Crippen LogP contribution is 2.15. The van der Waals surface area contributed by atoms with E-state index in [1.165, 1.54) is 30.3 Å². The number of anilines is 1. The van der Waals surface area contributed by atoms with Crippen LogP contribution in [0.2, 0.25) is 0 Å². The molecule has 2 aromatic rings. The maximum absolute atomic E-state index is 13.4. The molecule has 2 aromatic carbocycles. The van der Waals surface area contributed by atoms with Gasteiger partial charge in [0.15, 0.2) is 0 Å². The van der Waals surface area contributed by atoms with Crippen molar-refractivity contribution < 1.29 is 18.7 Å². The average Bonchev–Trinajstić information content (AvgIpc) is 2.38. The van der Waals surface area contributed by atoms with Gasteiger partial charge in [-0.05, 0) is 36.4 Å². The van der Waals surface area contributed by atoms with Gasteiger partial charge in [0.2, 0.25) is 0 Å². The van der Waals surface area contributed by atoms with Crippen LogP contribution in [0.3, 0.4) is 0 Å². The van der Waals surface area contributed by atoms with Gasteiger partial charge in [0.05, 0.1) is 5.56 Å². The summed E-state index contributed by atoms with van der Waals surface area (Å²) >= 11 is 0. The SMILES string of the molecule is O=C(O)c1ccc(NCc2c(F)cccc2F)cc1. The van der Waals surface area contributed by atoms with Gasteiger partial charge < -0.3 is 10.4 Å². The predicted octanol–water partition coefficient (Wildman–Crippen LogP) is 3.28. The second-order valence-electron chi connectivity index (χ2n) is 3.94. The van der Waals surface area contributed by atoms with E-state index in [9.17, 15) is 13.6 Å².